The standard InChI is InChI=1S/C20H32N6OS/c1-14-15(2)27-19(24-14)12-26-9-6-17(7-10-26)11-23-20(21-4)22-8-5-18-13-28-16(3)25-18/h13,17H,5-12H2,1-4H3,(H2,21,22,23). The Kier molecular flexibility index (Phi) is 7.44. The maximum atomic E-state index is 5.72. The van der Waals surface area contributed by atoms with E-state index in [1.807, 2.05) is 27.8 Å². The van der Waals surface area contributed by atoms with Crippen molar-refractivity contribution in [3.8, 4) is 0 Å². The number of rotatable bonds is 7. The second-order valence-electron chi connectivity index (χ2n) is 7.46. The first-order chi connectivity index (χ1) is 13.5. The van der Waals surface area contributed by atoms with Crippen molar-refractivity contribution in [3.63, 3.8) is 0 Å². The average Bonchev–Trinajstić information content (AvgIpc) is 3.24. The number of hydrogen-bond donors (Lipinski definition) is 2. The van der Waals surface area contributed by atoms with Crippen LogP contribution < -0.4 is 10.6 Å². The summed E-state index contributed by atoms with van der Waals surface area (Å²) in [7, 11) is 1.82. The predicted molar refractivity (Wildman–Crippen MR) is 114 cm³/mol. The lowest BCUT2D eigenvalue weighted by Gasteiger charge is -2.31. The third-order valence-electron chi connectivity index (χ3n) is 5.26. The Balaban J connectivity index is 1.33. The first kappa shape index (κ1) is 20.8. The molecule has 28 heavy (non-hydrogen) atoms. The Labute approximate surface area is 171 Å². The molecule has 0 amide bonds. The molecule has 0 bridgehead atoms. The number of piperidine rings is 1. The van der Waals surface area contributed by atoms with E-state index in [1.165, 1.54) is 12.8 Å². The first-order valence-corrected chi connectivity index (χ1v) is 10.9. The van der Waals surface area contributed by atoms with Gasteiger partial charge in [0.05, 0.1) is 22.9 Å². The highest BCUT2D eigenvalue weighted by molar-refractivity contribution is 7.09. The third kappa shape index (κ3) is 6.04. The second-order valence-corrected chi connectivity index (χ2v) is 8.52. The van der Waals surface area contributed by atoms with Gasteiger partial charge in [-0.3, -0.25) is 9.89 Å². The zero-order valence-electron chi connectivity index (χ0n) is 17.4. The normalized spacial score (nSPS) is 16.5. The number of thiazole rings is 1. The van der Waals surface area contributed by atoms with E-state index in [0.29, 0.717) is 5.92 Å². The van der Waals surface area contributed by atoms with Gasteiger partial charge in [0.25, 0.3) is 0 Å². The minimum absolute atomic E-state index is 0.670. The molecule has 8 heteroatoms. The zero-order valence-corrected chi connectivity index (χ0v) is 18.2. The number of likely N-dealkylation sites (tertiary alicyclic amines) is 1. The molecule has 3 rings (SSSR count). The van der Waals surface area contributed by atoms with Crippen LogP contribution in [0.1, 0.15) is 40.9 Å². The molecule has 1 aliphatic rings. The largest absolute Gasteiger partial charge is 0.444 e. The first-order valence-electron chi connectivity index (χ1n) is 10.0. The van der Waals surface area contributed by atoms with Gasteiger partial charge in [-0.1, -0.05) is 0 Å². The lowest BCUT2D eigenvalue weighted by Crippen LogP contribution is -2.43. The maximum Gasteiger partial charge on any atom is 0.208 e. The summed E-state index contributed by atoms with van der Waals surface area (Å²) in [4.78, 5) is 15.8. The van der Waals surface area contributed by atoms with E-state index in [-0.39, 0.29) is 0 Å². The molecule has 2 N–H and O–H groups in total. The van der Waals surface area contributed by atoms with Crippen molar-refractivity contribution < 1.29 is 4.42 Å². The fourth-order valence-electron chi connectivity index (χ4n) is 3.44. The van der Waals surface area contributed by atoms with Gasteiger partial charge in [-0.2, -0.15) is 0 Å². The molecular weight excluding hydrogens is 372 g/mol. The van der Waals surface area contributed by atoms with Gasteiger partial charge in [0.2, 0.25) is 5.89 Å². The fourth-order valence-corrected chi connectivity index (χ4v) is 4.09. The van der Waals surface area contributed by atoms with Crippen LogP contribution in [0.3, 0.4) is 0 Å². The molecule has 3 heterocycles. The van der Waals surface area contributed by atoms with E-state index in [4.69, 9.17) is 4.42 Å². The number of aliphatic imine (C=N–C) groups is 1. The van der Waals surface area contributed by atoms with Crippen LogP contribution >= 0.6 is 11.3 Å². The summed E-state index contributed by atoms with van der Waals surface area (Å²) in [5.74, 6) is 3.31. The van der Waals surface area contributed by atoms with Crippen molar-refractivity contribution in [2.75, 3.05) is 33.2 Å². The highest BCUT2D eigenvalue weighted by Gasteiger charge is 2.21. The van der Waals surface area contributed by atoms with Crippen LogP contribution in [0.4, 0.5) is 0 Å². The smallest absolute Gasteiger partial charge is 0.208 e. The minimum Gasteiger partial charge on any atom is -0.444 e. The Hall–Kier alpha value is -1.93. The Morgan fingerprint density at radius 3 is 2.64 bits per heavy atom. The lowest BCUT2D eigenvalue weighted by atomic mass is 9.97. The zero-order chi connectivity index (χ0) is 19.9. The molecule has 1 fully saturated rings. The van der Waals surface area contributed by atoms with Crippen LogP contribution in [0.2, 0.25) is 0 Å². The number of nitrogens with zero attached hydrogens (tertiary/aromatic N) is 4. The van der Waals surface area contributed by atoms with Gasteiger partial charge in [0.15, 0.2) is 5.96 Å². The van der Waals surface area contributed by atoms with E-state index in [9.17, 15) is 0 Å². The van der Waals surface area contributed by atoms with Gasteiger partial charge in [0.1, 0.15) is 5.76 Å². The van der Waals surface area contributed by atoms with Crippen molar-refractivity contribution >= 4 is 17.3 Å². The lowest BCUT2D eigenvalue weighted by molar-refractivity contribution is 0.164. The summed E-state index contributed by atoms with van der Waals surface area (Å²) in [6, 6.07) is 0. The molecule has 7 nitrogen and oxygen atoms in total. The number of aromatic nitrogens is 2. The van der Waals surface area contributed by atoms with Crippen LogP contribution in [0.15, 0.2) is 14.8 Å². The summed E-state index contributed by atoms with van der Waals surface area (Å²) in [6.45, 7) is 10.8. The molecule has 2 aromatic heterocycles. The fraction of sp³-hybridized carbons (Fsp3) is 0.650. The molecule has 2 aromatic rings. The molecule has 0 unspecified atom stereocenters. The Morgan fingerprint density at radius 1 is 1.25 bits per heavy atom. The van der Waals surface area contributed by atoms with Gasteiger partial charge in [0, 0.05) is 31.9 Å². The number of aryl methyl sites for hydroxylation is 3. The molecule has 0 aliphatic carbocycles. The van der Waals surface area contributed by atoms with Gasteiger partial charge < -0.3 is 15.1 Å². The quantitative estimate of drug-likeness (QED) is 0.546. The van der Waals surface area contributed by atoms with Crippen molar-refractivity contribution in [1.29, 1.82) is 0 Å². The monoisotopic (exact) mass is 404 g/mol. The van der Waals surface area contributed by atoms with Crippen LogP contribution in [0.5, 0.6) is 0 Å². The second kappa shape index (κ2) is 10.0. The Bertz CT molecular complexity index is 756. The summed E-state index contributed by atoms with van der Waals surface area (Å²) < 4.78 is 5.72. The van der Waals surface area contributed by atoms with E-state index < -0.39 is 0 Å². The summed E-state index contributed by atoms with van der Waals surface area (Å²) in [6.07, 6.45) is 3.28. The minimum atomic E-state index is 0.670. The van der Waals surface area contributed by atoms with Crippen molar-refractivity contribution in [3.05, 3.63) is 33.4 Å². The topological polar surface area (TPSA) is 78.6 Å². The number of oxazole rings is 1. The van der Waals surface area contributed by atoms with Gasteiger partial charge in [-0.15, -0.1) is 11.3 Å². The Morgan fingerprint density at radius 2 is 2.04 bits per heavy atom. The van der Waals surface area contributed by atoms with Crippen molar-refractivity contribution in [2.24, 2.45) is 10.9 Å². The van der Waals surface area contributed by atoms with E-state index in [0.717, 1.165) is 73.2 Å². The van der Waals surface area contributed by atoms with E-state index >= 15 is 0 Å². The number of hydrogen-bond acceptors (Lipinski definition) is 6. The molecule has 1 saturated heterocycles. The van der Waals surface area contributed by atoms with Crippen LogP contribution in [0.25, 0.3) is 0 Å². The summed E-state index contributed by atoms with van der Waals surface area (Å²) in [5.41, 5.74) is 2.15. The van der Waals surface area contributed by atoms with Crippen molar-refractivity contribution in [1.82, 2.24) is 25.5 Å². The molecule has 154 valence electrons. The predicted octanol–water partition coefficient (Wildman–Crippen LogP) is 2.68. The van der Waals surface area contributed by atoms with Crippen LogP contribution in [0, 0.1) is 26.7 Å². The molecular formula is C20H32N6OS. The summed E-state index contributed by atoms with van der Waals surface area (Å²) >= 11 is 1.70. The average molecular weight is 405 g/mol. The SMILES string of the molecule is CN=C(NCCc1csc(C)n1)NCC1CCN(Cc2nc(C)c(C)o2)CC1. The molecule has 0 atom stereocenters. The van der Waals surface area contributed by atoms with E-state index in [2.05, 4.69) is 35.9 Å². The molecule has 0 saturated carbocycles. The van der Waals surface area contributed by atoms with Gasteiger partial charge in [-0.05, 0) is 52.6 Å². The molecule has 0 aromatic carbocycles. The van der Waals surface area contributed by atoms with Crippen molar-refractivity contribution in [2.45, 2.75) is 46.6 Å². The maximum absolute atomic E-state index is 5.72. The van der Waals surface area contributed by atoms with E-state index in [1.54, 1.807) is 11.3 Å². The highest BCUT2D eigenvalue weighted by Crippen LogP contribution is 2.19. The molecule has 0 spiro atoms. The number of nitrogens with one attached hydrogen (secondary N) is 2. The highest BCUT2D eigenvalue weighted by atomic mass is 32.1. The third-order valence-corrected chi connectivity index (χ3v) is 6.08. The summed E-state index contributed by atoms with van der Waals surface area (Å²) in [5, 5.41) is 10.1. The van der Waals surface area contributed by atoms with Crippen LogP contribution in [-0.2, 0) is 13.0 Å². The molecule has 0 radical (unpaired) electrons. The van der Waals surface area contributed by atoms with Gasteiger partial charge in [-0.25, -0.2) is 9.97 Å². The van der Waals surface area contributed by atoms with Gasteiger partial charge >= 0.3 is 0 Å². The number of guanidine groups is 1. The molecule has 1 aliphatic heterocycles. The van der Waals surface area contributed by atoms with Crippen LogP contribution in [-0.4, -0.2) is 54.1 Å².